The summed E-state index contributed by atoms with van der Waals surface area (Å²) in [5.41, 5.74) is 4.13. The second-order valence-corrected chi connectivity index (χ2v) is 5.08. The molecule has 1 atom stereocenters. The number of carboxylic acid groups (broad SMARTS) is 1. The molecule has 0 bridgehead atoms. The predicted molar refractivity (Wildman–Crippen MR) is 62.0 cm³/mol. The molecule has 0 heterocycles. The molecular formula is C11H22N2O3. The van der Waals surface area contributed by atoms with Gasteiger partial charge in [0.1, 0.15) is 0 Å². The minimum Gasteiger partial charge on any atom is -0.481 e. The third kappa shape index (κ3) is 5.11. The number of nitrogens with two attached hydrogens (primary N) is 1. The van der Waals surface area contributed by atoms with E-state index >= 15 is 0 Å². The molecule has 0 spiro atoms. The number of nitrogens with one attached hydrogen (secondary N) is 1. The minimum atomic E-state index is -0.945. The molecule has 4 N–H and O–H groups in total. The molecule has 0 fully saturated rings. The van der Waals surface area contributed by atoms with Gasteiger partial charge in [-0.2, -0.15) is 0 Å². The Morgan fingerprint density at radius 3 is 2.19 bits per heavy atom. The third-order valence-electron chi connectivity index (χ3n) is 2.33. The van der Waals surface area contributed by atoms with Gasteiger partial charge >= 0.3 is 5.97 Å². The lowest BCUT2D eigenvalue weighted by molar-refractivity contribution is -0.139. The Morgan fingerprint density at radius 1 is 1.31 bits per heavy atom. The normalized spacial score (nSPS) is 15.3. The van der Waals surface area contributed by atoms with Crippen LogP contribution in [0.1, 0.15) is 47.0 Å². The molecule has 0 aliphatic carbocycles. The Morgan fingerprint density at radius 2 is 1.81 bits per heavy atom. The fraction of sp³-hybridized carbons (Fsp3) is 0.818. The lowest BCUT2D eigenvalue weighted by Crippen LogP contribution is -2.57. The summed E-state index contributed by atoms with van der Waals surface area (Å²) in [7, 11) is 0. The Bertz CT molecular complexity index is 272. The topological polar surface area (TPSA) is 92.4 Å². The van der Waals surface area contributed by atoms with E-state index in [0.29, 0.717) is 6.42 Å². The van der Waals surface area contributed by atoms with Crippen molar-refractivity contribution in [2.24, 2.45) is 5.73 Å². The summed E-state index contributed by atoms with van der Waals surface area (Å²) < 4.78 is 0. The van der Waals surface area contributed by atoms with Gasteiger partial charge in [-0.15, -0.1) is 0 Å². The molecule has 0 aromatic heterocycles. The van der Waals surface area contributed by atoms with E-state index in [1.165, 1.54) is 0 Å². The maximum atomic E-state index is 11.8. The molecule has 0 saturated carbocycles. The minimum absolute atomic E-state index is 0.124. The number of carboxylic acids is 1. The van der Waals surface area contributed by atoms with Crippen molar-refractivity contribution >= 4 is 11.9 Å². The molecule has 0 aromatic rings. The van der Waals surface area contributed by atoms with E-state index < -0.39 is 17.0 Å². The summed E-state index contributed by atoms with van der Waals surface area (Å²) >= 11 is 0. The molecule has 0 saturated heterocycles. The van der Waals surface area contributed by atoms with E-state index in [1.807, 2.05) is 6.92 Å². The average molecular weight is 230 g/mol. The lowest BCUT2D eigenvalue weighted by atomic mass is 9.93. The highest BCUT2D eigenvalue weighted by atomic mass is 16.4. The average Bonchev–Trinajstić information content (AvgIpc) is 1.99. The van der Waals surface area contributed by atoms with E-state index in [0.717, 1.165) is 6.42 Å². The van der Waals surface area contributed by atoms with E-state index in [1.54, 1.807) is 20.8 Å². The number of rotatable bonds is 6. The highest BCUT2D eigenvalue weighted by Gasteiger charge is 2.32. The van der Waals surface area contributed by atoms with Crippen LogP contribution in [0.3, 0.4) is 0 Å². The zero-order valence-electron chi connectivity index (χ0n) is 10.5. The monoisotopic (exact) mass is 230 g/mol. The first-order valence-electron chi connectivity index (χ1n) is 5.44. The maximum Gasteiger partial charge on any atom is 0.305 e. The summed E-state index contributed by atoms with van der Waals surface area (Å²) in [6.45, 7) is 6.94. The summed E-state index contributed by atoms with van der Waals surface area (Å²) in [6, 6.07) is 0. The summed E-state index contributed by atoms with van der Waals surface area (Å²) in [5, 5.41) is 11.4. The number of aliphatic carboxylic acids is 1. The molecule has 5 nitrogen and oxygen atoms in total. The largest absolute Gasteiger partial charge is 0.481 e. The van der Waals surface area contributed by atoms with Crippen LogP contribution in [-0.2, 0) is 9.59 Å². The zero-order chi connectivity index (χ0) is 13.0. The molecule has 0 aliphatic rings. The van der Waals surface area contributed by atoms with Gasteiger partial charge in [-0.05, 0) is 27.2 Å². The van der Waals surface area contributed by atoms with E-state index in [9.17, 15) is 9.59 Å². The van der Waals surface area contributed by atoms with Gasteiger partial charge in [-0.3, -0.25) is 9.59 Å². The first-order chi connectivity index (χ1) is 7.10. The maximum absolute atomic E-state index is 11.8. The Labute approximate surface area is 96.4 Å². The van der Waals surface area contributed by atoms with Gasteiger partial charge in [0, 0.05) is 5.54 Å². The first kappa shape index (κ1) is 14.9. The number of hydrogen-bond donors (Lipinski definition) is 3. The van der Waals surface area contributed by atoms with Crippen molar-refractivity contribution in [3.05, 3.63) is 0 Å². The van der Waals surface area contributed by atoms with E-state index in [-0.39, 0.29) is 12.3 Å². The van der Waals surface area contributed by atoms with Gasteiger partial charge in [-0.25, -0.2) is 0 Å². The van der Waals surface area contributed by atoms with Gasteiger partial charge in [0.15, 0.2) is 0 Å². The Hall–Kier alpha value is -1.10. The van der Waals surface area contributed by atoms with Crippen LogP contribution in [0.2, 0.25) is 0 Å². The van der Waals surface area contributed by atoms with Crippen LogP contribution in [0, 0.1) is 0 Å². The third-order valence-corrected chi connectivity index (χ3v) is 2.33. The molecule has 16 heavy (non-hydrogen) atoms. The van der Waals surface area contributed by atoms with Crippen LogP contribution in [-0.4, -0.2) is 28.1 Å². The second kappa shape index (κ2) is 5.30. The standard InChI is InChI=1S/C11H22N2O3/c1-5-6-11(4,12)9(16)13-10(2,3)7-8(14)15/h5-7,12H2,1-4H3,(H,13,16)(H,14,15). The van der Waals surface area contributed by atoms with Crippen molar-refractivity contribution in [2.45, 2.75) is 58.0 Å². The zero-order valence-corrected chi connectivity index (χ0v) is 10.5. The number of amides is 1. The van der Waals surface area contributed by atoms with Crippen LogP contribution in [0.15, 0.2) is 0 Å². The van der Waals surface area contributed by atoms with Crippen LogP contribution in [0.25, 0.3) is 0 Å². The van der Waals surface area contributed by atoms with E-state index in [4.69, 9.17) is 10.8 Å². The van der Waals surface area contributed by atoms with Crippen molar-refractivity contribution < 1.29 is 14.7 Å². The van der Waals surface area contributed by atoms with Gasteiger partial charge in [0.05, 0.1) is 12.0 Å². The smallest absolute Gasteiger partial charge is 0.305 e. The highest BCUT2D eigenvalue weighted by Crippen LogP contribution is 2.13. The van der Waals surface area contributed by atoms with Gasteiger partial charge < -0.3 is 16.2 Å². The number of carbonyl (C=O) groups excluding carboxylic acids is 1. The lowest BCUT2D eigenvalue weighted by Gasteiger charge is -2.30. The first-order valence-corrected chi connectivity index (χ1v) is 5.44. The van der Waals surface area contributed by atoms with Crippen LogP contribution >= 0.6 is 0 Å². The molecule has 0 aromatic carbocycles. The molecule has 0 rings (SSSR count). The highest BCUT2D eigenvalue weighted by molar-refractivity contribution is 5.86. The van der Waals surface area contributed by atoms with Crippen LogP contribution in [0.5, 0.6) is 0 Å². The van der Waals surface area contributed by atoms with Crippen LogP contribution in [0.4, 0.5) is 0 Å². The Kier molecular flexibility index (Phi) is 4.93. The Balaban J connectivity index is 4.49. The SMILES string of the molecule is CCCC(C)(N)C(=O)NC(C)(C)CC(=O)O. The molecule has 1 amide bonds. The molecule has 1 unspecified atom stereocenters. The quantitative estimate of drug-likeness (QED) is 0.631. The van der Waals surface area contributed by atoms with Crippen molar-refractivity contribution in [1.29, 1.82) is 0 Å². The van der Waals surface area contributed by atoms with Crippen molar-refractivity contribution in [3.63, 3.8) is 0 Å². The molecular weight excluding hydrogens is 208 g/mol. The summed E-state index contributed by atoms with van der Waals surface area (Å²) in [4.78, 5) is 22.4. The van der Waals surface area contributed by atoms with Gasteiger partial charge in [-0.1, -0.05) is 13.3 Å². The fourth-order valence-electron chi connectivity index (χ4n) is 1.51. The van der Waals surface area contributed by atoms with E-state index in [2.05, 4.69) is 5.32 Å². The summed E-state index contributed by atoms with van der Waals surface area (Å²) in [5.74, 6) is -1.25. The van der Waals surface area contributed by atoms with Crippen molar-refractivity contribution in [3.8, 4) is 0 Å². The number of hydrogen-bond acceptors (Lipinski definition) is 3. The van der Waals surface area contributed by atoms with Gasteiger partial charge in [0.2, 0.25) is 5.91 Å². The molecule has 94 valence electrons. The summed E-state index contributed by atoms with van der Waals surface area (Å²) in [6.07, 6.45) is 1.25. The molecule has 0 aliphatic heterocycles. The van der Waals surface area contributed by atoms with Crippen LogP contribution < -0.4 is 11.1 Å². The predicted octanol–water partition coefficient (Wildman–Crippen LogP) is 0.873. The van der Waals surface area contributed by atoms with Crippen molar-refractivity contribution in [2.75, 3.05) is 0 Å². The second-order valence-electron chi connectivity index (χ2n) is 5.08. The van der Waals surface area contributed by atoms with Crippen molar-refractivity contribution in [1.82, 2.24) is 5.32 Å². The molecule has 0 radical (unpaired) electrons. The fourth-order valence-corrected chi connectivity index (χ4v) is 1.51. The van der Waals surface area contributed by atoms with Gasteiger partial charge in [0.25, 0.3) is 0 Å². The number of carbonyl (C=O) groups is 2. The molecule has 5 heteroatoms.